The molecule has 98 valence electrons. The zero-order valence-corrected chi connectivity index (χ0v) is 11.9. The van der Waals surface area contributed by atoms with Gasteiger partial charge in [0.1, 0.15) is 0 Å². The molecule has 0 amide bonds. The van der Waals surface area contributed by atoms with Crippen molar-refractivity contribution in [2.24, 2.45) is 0 Å². The van der Waals surface area contributed by atoms with Crippen LogP contribution >= 0.6 is 0 Å². The van der Waals surface area contributed by atoms with E-state index in [1.165, 1.54) is 32.7 Å². The van der Waals surface area contributed by atoms with E-state index in [4.69, 9.17) is 0 Å². The van der Waals surface area contributed by atoms with Crippen LogP contribution in [-0.4, -0.2) is 0 Å². The summed E-state index contributed by atoms with van der Waals surface area (Å²) in [5, 5.41) is 5.00. The van der Waals surface area contributed by atoms with E-state index in [9.17, 15) is 0 Å². The van der Waals surface area contributed by atoms with Gasteiger partial charge in [-0.25, -0.2) is 0 Å². The Labute approximate surface area is 123 Å². The van der Waals surface area contributed by atoms with Crippen LogP contribution in [0.1, 0.15) is 5.56 Å². The van der Waals surface area contributed by atoms with E-state index in [0.717, 1.165) is 5.22 Å². The van der Waals surface area contributed by atoms with Gasteiger partial charge in [-0.1, -0.05) is 66.1 Å². The highest BCUT2D eigenvalue weighted by Crippen LogP contribution is 2.26. The maximum atomic E-state index is 3.33. The van der Waals surface area contributed by atoms with Crippen molar-refractivity contribution >= 4 is 22.6 Å². The number of benzene rings is 3. The Kier molecular flexibility index (Phi) is 2.66. The molecule has 0 radical (unpaired) electrons. The highest BCUT2D eigenvalue weighted by atomic mass is 14.1. The van der Waals surface area contributed by atoms with Gasteiger partial charge in [-0.3, -0.25) is 0 Å². The Morgan fingerprint density at radius 1 is 0.810 bits per heavy atom. The molecular weight excluding hydrogens is 252 g/mol. The van der Waals surface area contributed by atoms with Crippen LogP contribution in [0.4, 0.5) is 0 Å². The van der Waals surface area contributed by atoms with Crippen molar-refractivity contribution in [3.05, 3.63) is 82.4 Å². The van der Waals surface area contributed by atoms with Crippen LogP contribution in [-0.2, 0) is 0 Å². The molecule has 0 spiro atoms. The SMILES string of the molecule is Cc1c2c(c(-c3ccccc3)c3ccccc13)=C=C=CC=2. The molecule has 1 aliphatic carbocycles. The number of allylic oxidation sites excluding steroid dienone is 1. The van der Waals surface area contributed by atoms with E-state index in [1.807, 2.05) is 6.08 Å². The normalized spacial score (nSPS) is 11.9. The predicted molar refractivity (Wildman–Crippen MR) is 89.3 cm³/mol. The van der Waals surface area contributed by atoms with Crippen LogP contribution < -0.4 is 10.4 Å². The van der Waals surface area contributed by atoms with Gasteiger partial charge in [0.05, 0.1) is 0 Å². The molecule has 0 N–H and O–H groups in total. The lowest BCUT2D eigenvalue weighted by Crippen LogP contribution is -2.29. The summed E-state index contributed by atoms with van der Waals surface area (Å²) in [6.45, 7) is 2.19. The zero-order valence-electron chi connectivity index (χ0n) is 11.9. The first-order chi connectivity index (χ1) is 10.4. The average molecular weight is 266 g/mol. The van der Waals surface area contributed by atoms with Crippen LogP contribution in [0, 0.1) is 6.92 Å². The van der Waals surface area contributed by atoms with Crippen LogP contribution in [0.5, 0.6) is 0 Å². The minimum atomic E-state index is 1.15. The lowest BCUT2D eigenvalue weighted by molar-refractivity contribution is 1.41. The molecule has 0 nitrogen and oxygen atoms in total. The molecule has 4 rings (SSSR count). The summed E-state index contributed by atoms with van der Waals surface area (Å²) in [6.07, 6.45) is 4.08. The molecule has 0 unspecified atom stereocenters. The van der Waals surface area contributed by atoms with E-state index in [1.54, 1.807) is 0 Å². The fraction of sp³-hybridized carbons (Fsp3) is 0.0476. The molecule has 3 aromatic rings. The maximum absolute atomic E-state index is 3.33. The predicted octanol–water partition coefficient (Wildman–Crippen LogP) is 3.70. The molecular formula is C21H14. The van der Waals surface area contributed by atoms with Gasteiger partial charge in [-0.2, -0.15) is 0 Å². The standard InChI is InChI=1S/C21H14/c1-15-17-11-5-7-13-19(17)21(16-9-3-2-4-10-16)20-14-8-6-12-18(15)20/h2-7,9-13H,1H3. The van der Waals surface area contributed by atoms with Crippen LogP contribution in [0.3, 0.4) is 0 Å². The summed E-state index contributed by atoms with van der Waals surface area (Å²) in [7, 11) is 0. The van der Waals surface area contributed by atoms with E-state index in [2.05, 4.69) is 79.1 Å². The Morgan fingerprint density at radius 2 is 1.52 bits per heavy atom. The third-order valence-electron chi connectivity index (χ3n) is 4.12. The van der Waals surface area contributed by atoms with Crippen molar-refractivity contribution in [2.45, 2.75) is 6.92 Å². The number of hydrogen-bond donors (Lipinski definition) is 0. The van der Waals surface area contributed by atoms with Crippen molar-refractivity contribution in [1.82, 2.24) is 0 Å². The van der Waals surface area contributed by atoms with E-state index >= 15 is 0 Å². The summed E-state index contributed by atoms with van der Waals surface area (Å²) in [5.41, 5.74) is 10.2. The van der Waals surface area contributed by atoms with Gasteiger partial charge in [0.25, 0.3) is 0 Å². The molecule has 0 bridgehead atoms. The second-order valence-corrected chi connectivity index (χ2v) is 5.30. The highest BCUT2D eigenvalue weighted by molar-refractivity contribution is 5.99. The van der Waals surface area contributed by atoms with Crippen molar-refractivity contribution < 1.29 is 0 Å². The first-order valence-electron chi connectivity index (χ1n) is 7.15. The quantitative estimate of drug-likeness (QED) is 0.589. The Morgan fingerprint density at radius 3 is 2.33 bits per heavy atom. The molecule has 0 atom stereocenters. The summed E-state index contributed by atoms with van der Waals surface area (Å²) in [4.78, 5) is 0. The summed E-state index contributed by atoms with van der Waals surface area (Å²) >= 11 is 0. The Hall–Kier alpha value is -2.78. The smallest absolute Gasteiger partial charge is 0.0409 e. The molecule has 0 aliphatic heterocycles. The van der Waals surface area contributed by atoms with Gasteiger partial charge in [-0.05, 0) is 46.2 Å². The lowest BCUT2D eigenvalue weighted by Gasteiger charge is -2.12. The minimum Gasteiger partial charge on any atom is -0.0695 e. The molecule has 0 fully saturated rings. The first kappa shape index (κ1) is 12.0. The monoisotopic (exact) mass is 266 g/mol. The molecule has 0 aromatic heterocycles. The lowest BCUT2D eigenvalue weighted by atomic mass is 9.91. The van der Waals surface area contributed by atoms with Gasteiger partial charge in [0, 0.05) is 10.8 Å². The number of rotatable bonds is 1. The van der Waals surface area contributed by atoms with Crippen molar-refractivity contribution in [1.29, 1.82) is 0 Å². The summed E-state index contributed by atoms with van der Waals surface area (Å²) in [5.74, 6) is 0. The second kappa shape index (κ2) is 4.65. The molecule has 1 aliphatic rings. The number of aryl methyl sites for hydroxylation is 1. The Bertz CT molecular complexity index is 1040. The van der Waals surface area contributed by atoms with Gasteiger partial charge >= 0.3 is 0 Å². The molecule has 21 heavy (non-hydrogen) atoms. The third kappa shape index (κ3) is 1.79. The molecule has 3 aromatic carbocycles. The van der Waals surface area contributed by atoms with Gasteiger partial charge in [-0.15, -0.1) is 0 Å². The van der Waals surface area contributed by atoms with E-state index < -0.39 is 0 Å². The minimum absolute atomic E-state index is 1.15. The first-order valence-corrected chi connectivity index (χ1v) is 7.15. The average Bonchev–Trinajstić information content (AvgIpc) is 2.56. The van der Waals surface area contributed by atoms with Crippen molar-refractivity contribution in [3.63, 3.8) is 0 Å². The van der Waals surface area contributed by atoms with Crippen molar-refractivity contribution in [3.8, 4) is 11.1 Å². The van der Waals surface area contributed by atoms with E-state index in [-0.39, 0.29) is 0 Å². The number of hydrogen-bond acceptors (Lipinski definition) is 0. The molecule has 0 saturated carbocycles. The van der Waals surface area contributed by atoms with Gasteiger partial charge in [0.2, 0.25) is 0 Å². The molecule has 0 heteroatoms. The second-order valence-electron chi connectivity index (χ2n) is 5.30. The van der Waals surface area contributed by atoms with Crippen LogP contribution in [0.25, 0.3) is 33.7 Å². The molecule has 0 saturated heterocycles. The van der Waals surface area contributed by atoms with Gasteiger partial charge < -0.3 is 0 Å². The van der Waals surface area contributed by atoms with Gasteiger partial charge in [0.15, 0.2) is 0 Å². The zero-order chi connectivity index (χ0) is 14.2. The van der Waals surface area contributed by atoms with E-state index in [0.29, 0.717) is 0 Å². The van der Waals surface area contributed by atoms with Crippen molar-refractivity contribution in [2.75, 3.05) is 0 Å². The Balaban J connectivity index is 2.35. The number of fused-ring (bicyclic) bond motifs is 2. The summed E-state index contributed by atoms with van der Waals surface area (Å²) < 4.78 is 0. The largest absolute Gasteiger partial charge is 0.0695 e. The maximum Gasteiger partial charge on any atom is 0.0409 e. The third-order valence-corrected chi connectivity index (χ3v) is 4.12. The fourth-order valence-corrected chi connectivity index (χ4v) is 3.11. The van der Waals surface area contributed by atoms with Crippen LogP contribution in [0.15, 0.2) is 66.4 Å². The summed E-state index contributed by atoms with van der Waals surface area (Å²) in [6, 6.07) is 19.2. The highest BCUT2D eigenvalue weighted by Gasteiger charge is 2.10. The fourth-order valence-electron chi connectivity index (χ4n) is 3.11. The topological polar surface area (TPSA) is 0 Å². The molecule has 0 heterocycles. The van der Waals surface area contributed by atoms with Crippen LogP contribution in [0.2, 0.25) is 0 Å².